The molecule has 1 fully saturated rings. The lowest BCUT2D eigenvalue weighted by molar-refractivity contribution is 0.209. The van der Waals surface area contributed by atoms with Crippen LogP contribution in [0.1, 0.15) is 32.3 Å². The average Bonchev–Trinajstić information content (AvgIpc) is 3.20. The summed E-state index contributed by atoms with van der Waals surface area (Å²) in [5.74, 6) is -0.0658. The normalized spacial score (nSPS) is 15.5. The van der Waals surface area contributed by atoms with Crippen LogP contribution in [0.5, 0.6) is 11.5 Å². The van der Waals surface area contributed by atoms with Crippen LogP contribution in [0.3, 0.4) is 0 Å². The van der Waals surface area contributed by atoms with Crippen LogP contribution in [-0.4, -0.2) is 50.6 Å². The molecule has 2 aromatic carbocycles. The first-order valence-electron chi connectivity index (χ1n) is 11.3. The number of anilines is 1. The van der Waals surface area contributed by atoms with E-state index in [1.54, 1.807) is 24.3 Å². The predicted molar refractivity (Wildman–Crippen MR) is 126 cm³/mol. The highest BCUT2D eigenvalue weighted by molar-refractivity contribution is 7.89. The molecule has 0 spiro atoms. The molecule has 184 valence electrons. The molecule has 0 amide bonds. The Morgan fingerprint density at radius 1 is 1.18 bits per heavy atom. The maximum absolute atomic E-state index is 14.5. The van der Waals surface area contributed by atoms with Crippen LogP contribution in [0.15, 0.2) is 39.6 Å². The molecule has 0 saturated carbocycles. The maximum Gasteiger partial charge on any atom is 0.295 e. The van der Waals surface area contributed by atoms with Gasteiger partial charge in [-0.2, -0.15) is 9.37 Å². The Morgan fingerprint density at radius 3 is 2.41 bits per heavy atom. The molecule has 1 saturated heterocycles. The second-order valence-corrected chi connectivity index (χ2v) is 9.67. The van der Waals surface area contributed by atoms with E-state index in [0.29, 0.717) is 25.3 Å². The molecule has 34 heavy (non-hydrogen) atoms. The average molecular weight is 493 g/mol. The van der Waals surface area contributed by atoms with Gasteiger partial charge in [-0.3, -0.25) is 4.90 Å². The number of hydrogen-bond acceptors (Lipinski definition) is 8. The molecular weight excluding hydrogens is 463 g/mol. The van der Waals surface area contributed by atoms with Gasteiger partial charge in [-0.25, -0.2) is 13.6 Å². The minimum atomic E-state index is -3.91. The van der Waals surface area contributed by atoms with Crippen LogP contribution >= 0.6 is 0 Å². The van der Waals surface area contributed by atoms with E-state index in [1.807, 2.05) is 13.8 Å². The number of benzene rings is 2. The third-order valence-electron chi connectivity index (χ3n) is 5.67. The molecule has 11 heteroatoms. The van der Waals surface area contributed by atoms with Crippen molar-refractivity contribution < 1.29 is 26.7 Å². The van der Waals surface area contributed by atoms with Crippen LogP contribution in [-0.2, 0) is 16.6 Å². The molecule has 3 N–H and O–H groups in total. The summed E-state index contributed by atoms with van der Waals surface area (Å²) < 4.78 is 54.7. The molecule has 0 atom stereocenters. The number of hydrogen-bond donors (Lipinski definition) is 2. The topological polar surface area (TPSA) is 120 Å². The standard InChI is InChI=1S/C23H29FN4O5S/c1-3-31-18-12-15(13-19(21(18)24)32-4-2)14-28-10-8-16(9-11-28)26-23-27-17-6-5-7-20(22(17)33-23)34(25,29)30/h5-7,12-13,16H,3-4,8-11,14H2,1-2H3,(H,26,27)(H2,25,29,30). The number of fused-ring (bicyclic) bond motifs is 1. The SMILES string of the molecule is CCOc1cc(CN2CCC(Nc3nc4cccc(S(N)(=O)=O)c4o3)CC2)cc(OCC)c1F. The largest absolute Gasteiger partial charge is 0.491 e. The van der Waals surface area contributed by atoms with E-state index in [-0.39, 0.29) is 34.0 Å². The van der Waals surface area contributed by atoms with Gasteiger partial charge in [-0.1, -0.05) is 6.07 Å². The number of piperidine rings is 1. The van der Waals surface area contributed by atoms with Gasteiger partial charge in [0.1, 0.15) is 10.4 Å². The minimum Gasteiger partial charge on any atom is -0.491 e. The van der Waals surface area contributed by atoms with Crippen molar-refractivity contribution in [1.82, 2.24) is 9.88 Å². The molecule has 1 aromatic heterocycles. The highest BCUT2D eigenvalue weighted by Crippen LogP contribution is 2.31. The van der Waals surface area contributed by atoms with E-state index in [2.05, 4.69) is 15.2 Å². The van der Waals surface area contributed by atoms with Crippen molar-refractivity contribution in [3.05, 3.63) is 41.7 Å². The molecule has 0 aliphatic carbocycles. The predicted octanol–water partition coefficient (Wildman–Crippen LogP) is 3.49. The molecule has 1 aliphatic heterocycles. The van der Waals surface area contributed by atoms with Crippen LogP contribution in [0, 0.1) is 5.82 Å². The Kier molecular flexibility index (Phi) is 7.24. The van der Waals surface area contributed by atoms with E-state index < -0.39 is 15.8 Å². The molecule has 9 nitrogen and oxygen atoms in total. The summed E-state index contributed by atoms with van der Waals surface area (Å²) in [6, 6.07) is 8.50. The minimum absolute atomic E-state index is 0.0856. The summed E-state index contributed by atoms with van der Waals surface area (Å²) in [5, 5.41) is 8.54. The number of nitrogens with zero attached hydrogens (tertiary/aromatic N) is 2. The summed E-state index contributed by atoms with van der Waals surface area (Å²) >= 11 is 0. The Morgan fingerprint density at radius 2 is 1.82 bits per heavy atom. The fraction of sp³-hybridized carbons (Fsp3) is 0.435. The van der Waals surface area contributed by atoms with Crippen molar-refractivity contribution in [2.45, 2.75) is 44.2 Å². The zero-order valence-electron chi connectivity index (χ0n) is 19.2. The molecular formula is C23H29FN4O5S. The Hall–Kier alpha value is -2.89. The number of rotatable bonds is 9. The molecule has 0 radical (unpaired) electrons. The first-order chi connectivity index (χ1) is 16.3. The third kappa shape index (κ3) is 5.43. The lowest BCUT2D eigenvalue weighted by Gasteiger charge is -2.32. The number of primary sulfonamides is 1. The number of sulfonamides is 1. The Balaban J connectivity index is 1.40. The van der Waals surface area contributed by atoms with Gasteiger partial charge in [0, 0.05) is 25.7 Å². The fourth-order valence-electron chi connectivity index (χ4n) is 4.12. The smallest absolute Gasteiger partial charge is 0.295 e. The second-order valence-electron chi connectivity index (χ2n) is 8.14. The Labute approximate surface area is 198 Å². The summed E-state index contributed by atoms with van der Waals surface area (Å²) in [6.07, 6.45) is 1.66. The highest BCUT2D eigenvalue weighted by atomic mass is 32.2. The van der Waals surface area contributed by atoms with Crippen molar-refractivity contribution >= 4 is 27.1 Å². The van der Waals surface area contributed by atoms with Crippen LogP contribution in [0.2, 0.25) is 0 Å². The van der Waals surface area contributed by atoms with Crippen molar-refractivity contribution in [3.63, 3.8) is 0 Å². The van der Waals surface area contributed by atoms with E-state index in [0.717, 1.165) is 31.5 Å². The van der Waals surface area contributed by atoms with E-state index in [9.17, 15) is 12.8 Å². The number of aromatic nitrogens is 1. The monoisotopic (exact) mass is 492 g/mol. The second kappa shape index (κ2) is 10.2. The number of halogens is 1. The molecule has 2 heterocycles. The van der Waals surface area contributed by atoms with Gasteiger partial charge in [0.25, 0.3) is 6.01 Å². The maximum atomic E-state index is 14.5. The number of nitrogens with two attached hydrogens (primary N) is 1. The summed E-state index contributed by atoms with van der Waals surface area (Å²) in [6.45, 7) is 6.65. The molecule has 0 bridgehead atoms. The molecule has 4 rings (SSSR count). The lowest BCUT2D eigenvalue weighted by Crippen LogP contribution is -2.38. The van der Waals surface area contributed by atoms with Crippen LogP contribution < -0.4 is 19.9 Å². The van der Waals surface area contributed by atoms with Gasteiger partial charge < -0.3 is 19.2 Å². The summed E-state index contributed by atoms with van der Waals surface area (Å²) in [5.41, 5.74) is 1.50. The lowest BCUT2D eigenvalue weighted by atomic mass is 10.0. The van der Waals surface area contributed by atoms with Gasteiger partial charge in [-0.15, -0.1) is 0 Å². The van der Waals surface area contributed by atoms with Crippen molar-refractivity contribution in [1.29, 1.82) is 0 Å². The van der Waals surface area contributed by atoms with Crippen molar-refractivity contribution in [2.24, 2.45) is 5.14 Å². The summed E-state index contributed by atoms with van der Waals surface area (Å²) in [7, 11) is -3.91. The number of ether oxygens (including phenoxy) is 2. The first-order valence-corrected chi connectivity index (χ1v) is 12.8. The highest BCUT2D eigenvalue weighted by Gasteiger charge is 2.23. The Bertz CT molecular complexity index is 1230. The number of para-hydroxylation sites is 1. The molecule has 3 aromatic rings. The van der Waals surface area contributed by atoms with E-state index >= 15 is 0 Å². The number of likely N-dealkylation sites (tertiary alicyclic amines) is 1. The third-order valence-corrected chi connectivity index (χ3v) is 6.61. The van der Waals surface area contributed by atoms with Gasteiger partial charge in [0.05, 0.1) is 13.2 Å². The van der Waals surface area contributed by atoms with E-state index in [4.69, 9.17) is 19.0 Å². The fourth-order valence-corrected chi connectivity index (χ4v) is 4.79. The number of nitrogens with one attached hydrogen (secondary N) is 1. The van der Waals surface area contributed by atoms with Crippen molar-refractivity contribution in [2.75, 3.05) is 31.6 Å². The summed E-state index contributed by atoms with van der Waals surface area (Å²) in [4.78, 5) is 6.55. The van der Waals surface area contributed by atoms with Gasteiger partial charge in [0.2, 0.25) is 15.8 Å². The van der Waals surface area contributed by atoms with Gasteiger partial charge in [-0.05, 0) is 56.5 Å². The van der Waals surface area contributed by atoms with Gasteiger partial charge >= 0.3 is 0 Å². The van der Waals surface area contributed by atoms with E-state index in [1.165, 1.54) is 6.07 Å². The zero-order chi connectivity index (χ0) is 24.3. The van der Waals surface area contributed by atoms with Gasteiger partial charge in [0.15, 0.2) is 17.1 Å². The molecule has 0 unspecified atom stereocenters. The quantitative estimate of drug-likeness (QED) is 0.466. The van der Waals surface area contributed by atoms with Crippen LogP contribution in [0.4, 0.5) is 10.4 Å². The number of oxazole rings is 1. The van der Waals surface area contributed by atoms with Crippen LogP contribution in [0.25, 0.3) is 11.1 Å². The first kappa shape index (κ1) is 24.2. The van der Waals surface area contributed by atoms with Crippen molar-refractivity contribution in [3.8, 4) is 11.5 Å². The zero-order valence-corrected chi connectivity index (χ0v) is 20.0. The molecule has 1 aliphatic rings.